The highest BCUT2D eigenvalue weighted by Gasteiger charge is 2.33. The van der Waals surface area contributed by atoms with Gasteiger partial charge in [-0.3, -0.25) is 10.1 Å². The second-order valence-electron chi connectivity index (χ2n) is 4.38. The zero-order valence-corrected chi connectivity index (χ0v) is 12.2. The molecule has 0 aliphatic heterocycles. The molecule has 1 aromatic rings. The van der Waals surface area contributed by atoms with Crippen LogP contribution >= 0.6 is 11.8 Å². The summed E-state index contributed by atoms with van der Waals surface area (Å²) in [7, 11) is 0. The fourth-order valence-electron chi connectivity index (χ4n) is 1.76. The van der Waals surface area contributed by atoms with E-state index in [0.717, 1.165) is 12.1 Å². The van der Waals surface area contributed by atoms with Gasteiger partial charge in [-0.25, -0.2) is 0 Å². The molecule has 0 heterocycles. The normalized spacial score (nSPS) is 14.6. The lowest BCUT2D eigenvalue weighted by molar-refractivity contribution is -0.384. The number of nitrogens with one attached hydrogen (secondary N) is 1. The Morgan fingerprint density at radius 1 is 1.48 bits per heavy atom. The standard InChI is InChI=1S/C12H15F3N2O3S/c1-7(11(6-18)21-2)16-9-4-3-8(12(13,14)15)5-10(9)17(19)20/h3-5,7,11,16,18H,6H2,1-2H3. The Morgan fingerprint density at radius 2 is 2.10 bits per heavy atom. The highest BCUT2D eigenvalue weighted by Crippen LogP contribution is 2.35. The van der Waals surface area contributed by atoms with Crippen molar-refractivity contribution in [3.8, 4) is 0 Å². The third-order valence-electron chi connectivity index (χ3n) is 2.95. The van der Waals surface area contributed by atoms with Gasteiger partial charge in [0.2, 0.25) is 0 Å². The van der Waals surface area contributed by atoms with E-state index in [2.05, 4.69) is 5.32 Å². The van der Waals surface area contributed by atoms with E-state index in [4.69, 9.17) is 5.11 Å². The van der Waals surface area contributed by atoms with Crippen molar-refractivity contribution in [2.24, 2.45) is 0 Å². The Labute approximate surface area is 123 Å². The van der Waals surface area contributed by atoms with Crippen LogP contribution in [0.4, 0.5) is 24.5 Å². The van der Waals surface area contributed by atoms with Gasteiger partial charge in [-0.15, -0.1) is 0 Å². The highest BCUT2D eigenvalue weighted by molar-refractivity contribution is 7.99. The summed E-state index contributed by atoms with van der Waals surface area (Å²) in [4.78, 5) is 10.1. The largest absolute Gasteiger partial charge is 0.416 e. The third kappa shape index (κ3) is 4.50. The number of nitrogens with zero attached hydrogens (tertiary/aromatic N) is 1. The maximum absolute atomic E-state index is 12.6. The molecule has 0 spiro atoms. The Kier molecular flexibility index (Phi) is 5.85. The number of benzene rings is 1. The molecule has 9 heteroatoms. The van der Waals surface area contributed by atoms with Gasteiger partial charge < -0.3 is 10.4 Å². The SMILES string of the molecule is CSC(CO)C(C)Nc1ccc(C(F)(F)F)cc1[N+](=O)[O-]. The van der Waals surface area contributed by atoms with E-state index in [9.17, 15) is 23.3 Å². The number of alkyl halides is 3. The summed E-state index contributed by atoms with van der Waals surface area (Å²) < 4.78 is 37.8. The number of nitro benzene ring substituents is 1. The number of nitro groups is 1. The van der Waals surface area contributed by atoms with Crippen LogP contribution in [0.3, 0.4) is 0 Å². The molecule has 0 bridgehead atoms. The Hall–Kier alpha value is -1.48. The first-order valence-electron chi connectivity index (χ1n) is 5.96. The number of aliphatic hydroxyl groups excluding tert-OH is 1. The second-order valence-corrected chi connectivity index (χ2v) is 5.45. The highest BCUT2D eigenvalue weighted by atomic mass is 32.2. The maximum atomic E-state index is 12.6. The van der Waals surface area contributed by atoms with Crippen molar-refractivity contribution in [3.63, 3.8) is 0 Å². The average Bonchev–Trinajstić information content (AvgIpc) is 2.38. The first-order chi connectivity index (χ1) is 9.70. The van der Waals surface area contributed by atoms with Crippen molar-refractivity contribution in [1.82, 2.24) is 0 Å². The monoisotopic (exact) mass is 324 g/mol. The van der Waals surface area contributed by atoms with Crippen molar-refractivity contribution in [1.29, 1.82) is 0 Å². The first-order valence-corrected chi connectivity index (χ1v) is 7.25. The summed E-state index contributed by atoms with van der Waals surface area (Å²) in [6.07, 6.45) is -2.87. The van der Waals surface area contributed by atoms with Crippen LogP contribution < -0.4 is 5.32 Å². The molecule has 0 aliphatic rings. The number of anilines is 1. The molecule has 0 aliphatic carbocycles. The fraction of sp³-hybridized carbons (Fsp3) is 0.500. The van der Waals surface area contributed by atoms with E-state index in [1.807, 2.05) is 0 Å². The molecule has 0 aromatic heterocycles. The molecule has 1 rings (SSSR count). The quantitative estimate of drug-likeness (QED) is 0.621. The van der Waals surface area contributed by atoms with E-state index in [1.165, 1.54) is 11.8 Å². The van der Waals surface area contributed by atoms with Crippen LogP contribution in [0.2, 0.25) is 0 Å². The van der Waals surface area contributed by atoms with Gasteiger partial charge in [-0.05, 0) is 25.3 Å². The molecule has 2 unspecified atom stereocenters. The predicted molar refractivity (Wildman–Crippen MR) is 75.6 cm³/mol. The van der Waals surface area contributed by atoms with Crippen molar-refractivity contribution in [2.75, 3.05) is 18.2 Å². The molecular formula is C12H15F3N2O3S. The molecular weight excluding hydrogens is 309 g/mol. The molecule has 0 amide bonds. The van der Waals surface area contributed by atoms with Gasteiger partial charge in [0.1, 0.15) is 5.69 Å². The van der Waals surface area contributed by atoms with Crippen LogP contribution in [-0.4, -0.2) is 34.2 Å². The molecule has 5 nitrogen and oxygen atoms in total. The van der Waals surface area contributed by atoms with E-state index in [0.29, 0.717) is 6.07 Å². The topological polar surface area (TPSA) is 75.4 Å². The zero-order valence-electron chi connectivity index (χ0n) is 11.3. The number of aliphatic hydroxyl groups is 1. The lowest BCUT2D eigenvalue weighted by atomic mass is 10.1. The summed E-state index contributed by atoms with van der Waals surface area (Å²) in [6.45, 7) is 1.54. The molecule has 0 radical (unpaired) electrons. The number of hydrogen-bond acceptors (Lipinski definition) is 5. The van der Waals surface area contributed by atoms with Crippen LogP contribution in [0.15, 0.2) is 18.2 Å². The fourth-order valence-corrected chi connectivity index (χ4v) is 2.38. The van der Waals surface area contributed by atoms with Crippen molar-refractivity contribution < 1.29 is 23.2 Å². The van der Waals surface area contributed by atoms with Gasteiger partial charge >= 0.3 is 6.18 Å². The van der Waals surface area contributed by atoms with Crippen LogP contribution in [0.1, 0.15) is 12.5 Å². The predicted octanol–water partition coefficient (Wildman–Crippen LogP) is 3.14. The zero-order chi connectivity index (χ0) is 16.2. The van der Waals surface area contributed by atoms with Gasteiger partial charge in [-0.1, -0.05) is 0 Å². The maximum Gasteiger partial charge on any atom is 0.416 e. The summed E-state index contributed by atoms with van der Waals surface area (Å²) >= 11 is 1.36. The summed E-state index contributed by atoms with van der Waals surface area (Å²) in [5, 5.41) is 22.6. The van der Waals surface area contributed by atoms with E-state index < -0.39 is 22.4 Å². The minimum absolute atomic E-state index is 0.00648. The minimum Gasteiger partial charge on any atom is -0.395 e. The summed E-state index contributed by atoms with van der Waals surface area (Å²) in [6, 6.07) is 1.98. The van der Waals surface area contributed by atoms with Gasteiger partial charge in [0.05, 0.1) is 17.1 Å². The molecule has 118 valence electrons. The number of rotatable bonds is 6. The number of hydrogen-bond donors (Lipinski definition) is 2. The average molecular weight is 324 g/mol. The Morgan fingerprint density at radius 3 is 2.52 bits per heavy atom. The molecule has 0 saturated heterocycles. The van der Waals surface area contributed by atoms with Crippen molar-refractivity contribution in [3.05, 3.63) is 33.9 Å². The third-order valence-corrected chi connectivity index (χ3v) is 4.11. The van der Waals surface area contributed by atoms with E-state index >= 15 is 0 Å². The number of halogens is 3. The van der Waals surface area contributed by atoms with Gasteiger partial charge in [0, 0.05) is 17.4 Å². The molecule has 0 saturated carbocycles. The lowest BCUT2D eigenvalue weighted by Gasteiger charge is -2.22. The van der Waals surface area contributed by atoms with Gasteiger partial charge in [-0.2, -0.15) is 24.9 Å². The molecule has 2 atom stereocenters. The molecule has 0 fully saturated rings. The Balaban J connectivity index is 3.10. The molecule has 2 N–H and O–H groups in total. The Bertz CT molecular complexity index is 507. The molecule has 21 heavy (non-hydrogen) atoms. The summed E-state index contributed by atoms with van der Waals surface area (Å²) in [5.74, 6) is 0. The summed E-state index contributed by atoms with van der Waals surface area (Å²) in [5.41, 5.74) is -1.72. The lowest BCUT2D eigenvalue weighted by Crippen LogP contribution is -2.31. The first kappa shape index (κ1) is 17.6. The number of thioether (sulfide) groups is 1. The van der Waals surface area contributed by atoms with E-state index in [-0.39, 0.29) is 23.6 Å². The second kappa shape index (κ2) is 6.99. The minimum atomic E-state index is -4.64. The van der Waals surface area contributed by atoms with Gasteiger partial charge in [0.15, 0.2) is 0 Å². The van der Waals surface area contributed by atoms with Gasteiger partial charge in [0.25, 0.3) is 5.69 Å². The smallest absolute Gasteiger partial charge is 0.395 e. The van der Waals surface area contributed by atoms with Crippen LogP contribution in [0, 0.1) is 10.1 Å². The molecule has 1 aromatic carbocycles. The van der Waals surface area contributed by atoms with Crippen LogP contribution in [0.5, 0.6) is 0 Å². The van der Waals surface area contributed by atoms with Crippen LogP contribution in [-0.2, 0) is 6.18 Å². The van der Waals surface area contributed by atoms with E-state index in [1.54, 1.807) is 13.2 Å². The van der Waals surface area contributed by atoms with Crippen molar-refractivity contribution >= 4 is 23.1 Å². The van der Waals surface area contributed by atoms with Crippen molar-refractivity contribution in [2.45, 2.75) is 24.4 Å². The van der Waals surface area contributed by atoms with Crippen LogP contribution in [0.25, 0.3) is 0 Å².